The van der Waals surface area contributed by atoms with Gasteiger partial charge in [-0.05, 0) is 18.2 Å². The summed E-state index contributed by atoms with van der Waals surface area (Å²) >= 11 is 7.77. The van der Waals surface area contributed by atoms with Crippen molar-refractivity contribution in [2.24, 2.45) is 0 Å². The Balaban J connectivity index is 2.03. The Morgan fingerprint density at radius 2 is 1.78 bits per heavy atom. The summed E-state index contributed by atoms with van der Waals surface area (Å²) in [6.45, 7) is 0. The Morgan fingerprint density at radius 1 is 0.944 bits per heavy atom. The fraction of sp³-hybridized carbons (Fsp3) is 0. The van der Waals surface area contributed by atoms with E-state index in [0.717, 1.165) is 26.2 Å². The van der Waals surface area contributed by atoms with Crippen LogP contribution >= 0.6 is 22.9 Å². The molecule has 0 amide bonds. The second kappa shape index (κ2) is 4.88. The Morgan fingerprint density at radius 3 is 2.56 bits per heavy atom. The van der Waals surface area contributed by atoms with E-state index in [0.29, 0.717) is 0 Å². The van der Waals surface area contributed by atoms with Gasteiger partial charge in [-0.2, -0.15) is 0 Å². The number of benzene rings is 1. The molecule has 0 saturated carbocycles. The van der Waals surface area contributed by atoms with Crippen LogP contribution < -0.4 is 0 Å². The molecule has 3 aromatic rings. The lowest BCUT2D eigenvalue weighted by Crippen LogP contribution is -1.78. The quantitative estimate of drug-likeness (QED) is 0.685. The molecule has 2 heterocycles. The molecule has 88 valence electrons. The minimum Gasteiger partial charge on any atom is -0.254 e. The highest BCUT2D eigenvalue weighted by Crippen LogP contribution is 2.34. The summed E-state index contributed by atoms with van der Waals surface area (Å²) in [5.41, 5.74) is 1.90. The molecule has 0 atom stereocenters. The highest BCUT2D eigenvalue weighted by molar-refractivity contribution is 7.18. The first kappa shape index (κ1) is 11.4. The Labute approximate surface area is 114 Å². The third-order valence-electron chi connectivity index (χ3n) is 2.53. The van der Waals surface area contributed by atoms with E-state index < -0.39 is 0 Å². The van der Waals surface area contributed by atoms with Gasteiger partial charge >= 0.3 is 0 Å². The van der Waals surface area contributed by atoms with E-state index in [-0.39, 0.29) is 0 Å². The highest BCUT2D eigenvalue weighted by Gasteiger charge is 2.09. The Bertz CT molecular complexity index is 664. The van der Waals surface area contributed by atoms with E-state index in [1.165, 1.54) is 0 Å². The highest BCUT2D eigenvalue weighted by atomic mass is 35.5. The number of pyridine rings is 1. The van der Waals surface area contributed by atoms with Crippen LogP contribution in [-0.2, 0) is 0 Å². The molecule has 0 saturated heterocycles. The van der Waals surface area contributed by atoms with Gasteiger partial charge in [0.15, 0.2) is 0 Å². The van der Waals surface area contributed by atoms with Crippen LogP contribution in [0.15, 0.2) is 54.9 Å². The molecule has 0 bridgehead atoms. The Kier molecular flexibility index (Phi) is 3.09. The van der Waals surface area contributed by atoms with Crippen molar-refractivity contribution in [1.82, 2.24) is 9.97 Å². The molecule has 0 radical (unpaired) electrons. The lowest BCUT2D eigenvalue weighted by molar-refractivity contribution is 1.29. The maximum atomic E-state index is 6.18. The van der Waals surface area contributed by atoms with Crippen molar-refractivity contribution in [1.29, 1.82) is 0 Å². The molecule has 0 aliphatic rings. The number of hydrogen-bond acceptors (Lipinski definition) is 3. The van der Waals surface area contributed by atoms with Gasteiger partial charge < -0.3 is 0 Å². The molecule has 0 fully saturated rings. The van der Waals surface area contributed by atoms with Crippen molar-refractivity contribution >= 4 is 22.9 Å². The maximum absolute atomic E-state index is 6.18. The Hall–Kier alpha value is -1.71. The van der Waals surface area contributed by atoms with Gasteiger partial charge in [-0.15, -0.1) is 11.3 Å². The van der Waals surface area contributed by atoms with E-state index in [2.05, 4.69) is 9.97 Å². The minimum absolute atomic E-state index is 0.744. The number of thiazole rings is 1. The van der Waals surface area contributed by atoms with Crippen molar-refractivity contribution in [3.05, 3.63) is 59.9 Å². The second-order valence-electron chi connectivity index (χ2n) is 3.72. The van der Waals surface area contributed by atoms with Crippen molar-refractivity contribution in [3.63, 3.8) is 0 Å². The van der Waals surface area contributed by atoms with Gasteiger partial charge in [0, 0.05) is 23.0 Å². The van der Waals surface area contributed by atoms with Crippen molar-refractivity contribution in [2.45, 2.75) is 0 Å². The van der Waals surface area contributed by atoms with Crippen molar-refractivity contribution in [2.75, 3.05) is 0 Å². The molecule has 0 aliphatic carbocycles. The molecule has 2 nitrogen and oxygen atoms in total. The van der Waals surface area contributed by atoms with Crippen LogP contribution in [0.25, 0.3) is 21.1 Å². The van der Waals surface area contributed by atoms with Gasteiger partial charge in [0.05, 0.1) is 10.6 Å². The lowest BCUT2D eigenvalue weighted by atomic mass is 10.2. The van der Waals surface area contributed by atoms with Gasteiger partial charge in [0.25, 0.3) is 0 Å². The number of rotatable bonds is 2. The van der Waals surface area contributed by atoms with E-state index in [9.17, 15) is 0 Å². The first-order valence-electron chi connectivity index (χ1n) is 5.47. The molecular weight excluding hydrogens is 264 g/mol. The summed E-state index contributed by atoms with van der Waals surface area (Å²) in [4.78, 5) is 9.75. The monoisotopic (exact) mass is 272 g/mol. The van der Waals surface area contributed by atoms with Crippen LogP contribution in [0.3, 0.4) is 0 Å². The number of nitrogens with zero attached hydrogens (tertiary/aromatic N) is 2. The average Bonchev–Trinajstić information content (AvgIpc) is 2.90. The van der Waals surface area contributed by atoms with Crippen LogP contribution in [0, 0.1) is 0 Å². The summed E-state index contributed by atoms with van der Waals surface area (Å²) in [5.74, 6) is 0. The van der Waals surface area contributed by atoms with Gasteiger partial charge in [-0.25, -0.2) is 4.98 Å². The van der Waals surface area contributed by atoms with Crippen molar-refractivity contribution in [3.8, 4) is 21.1 Å². The summed E-state index contributed by atoms with van der Waals surface area (Å²) in [6, 6.07) is 13.6. The van der Waals surface area contributed by atoms with Gasteiger partial charge in [-0.1, -0.05) is 35.9 Å². The topological polar surface area (TPSA) is 25.8 Å². The smallest absolute Gasteiger partial charge is 0.142 e. The third kappa shape index (κ3) is 2.15. The zero-order valence-corrected chi connectivity index (χ0v) is 10.9. The molecule has 0 aliphatic heterocycles. The maximum Gasteiger partial charge on any atom is 0.142 e. The number of hydrogen-bond donors (Lipinski definition) is 0. The van der Waals surface area contributed by atoms with Crippen molar-refractivity contribution < 1.29 is 0 Å². The molecule has 3 rings (SSSR count). The summed E-state index contributed by atoms with van der Waals surface area (Å²) in [6.07, 6.45) is 3.61. The summed E-state index contributed by atoms with van der Waals surface area (Å²) < 4.78 is 0. The molecule has 18 heavy (non-hydrogen) atoms. The first-order chi connectivity index (χ1) is 8.84. The number of aromatic nitrogens is 2. The van der Waals surface area contributed by atoms with Gasteiger partial charge in [0.2, 0.25) is 0 Å². The van der Waals surface area contributed by atoms with Gasteiger partial charge in [-0.3, -0.25) is 4.98 Å². The van der Waals surface area contributed by atoms with Crippen LogP contribution in [0.5, 0.6) is 0 Å². The first-order valence-corrected chi connectivity index (χ1v) is 6.66. The molecule has 1 aromatic carbocycles. The van der Waals surface area contributed by atoms with E-state index in [1.54, 1.807) is 17.5 Å². The van der Waals surface area contributed by atoms with E-state index in [1.807, 2.05) is 48.7 Å². The lowest BCUT2D eigenvalue weighted by Gasteiger charge is -1.98. The minimum atomic E-state index is 0.744. The zero-order chi connectivity index (χ0) is 12.4. The van der Waals surface area contributed by atoms with Gasteiger partial charge in [0.1, 0.15) is 5.01 Å². The molecule has 0 N–H and O–H groups in total. The predicted octanol–water partition coefficient (Wildman–Crippen LogP) is 4.53. The second-order valence-corrected chi connectivity index (χ2v) is 5.16. The average molecular weight is 273 g/mol. The standard InChI is InChI=1S/C14H9ClN2S/c15-11-6-2-1-5-10(11)13-9-17-14(18-13)12-7-3-4-8-16-12/h1-9H. The molecule has 4 heteroatoms. The van der Waals surface area contributed by atoms with E-state index >= 15 is 0 Å². The molecule has 0 spiro atoms. The summed E-state index contributed by atoms with van der Waals surface area (Å²) in [5, 5.41) is 1.65. The number of halogens is 1. The van der Waals surface area contributed by atoms with E-state index in [4.69, 9.17) is 11.6 Å². The molecular formula is C14H9ClN2S. The van der Waals surface area contributed by atoms with Crippen LogP contribution in [0.4, 0.5) is 0 Å². The normalized spacial score (nSPS) is 10.5. The third-order valence-corrected chi connectivity index (χ3v) is 3.91. The predicted molar refractivity (Wildman–Crippen MR) is 75.8 cm³/mol. The fourth-order valence-corrected chi connectivity index (χ4v) is 2.89. The molecule has 2 aromatic heterocycles. The fourth-order valence-electron chi connectivity index (χ4n) is 1.67. The SMILES string of the molecule is Clc1ccccc1-c1cnc(-c2ccccn2)s1. The van der Waals surface area contributed by atoms with Crippen LogP contribution in [0.1, 0.15) is 0 Å². The summed E-state index contributed by atoms with van der Waals surface area (Å²) in [7, 11) is 0. The van der Waals surface area contributed by atoms with Crippen LogP contribution in [0.2, 0.25) is 5.02 Å². The largest absolute Gasteiger partial charge is 0.254 e. The zero-order valence-electron chi connectivity index (χ0n) is 9.38. The van der Waals surface area contributed by atoms with Crippen LogP contribution in [-0.4, -0.2) is 9.97 Å². The molecule has 0 unspecified atom stereocenters.